The molecule has 1 saturated heterocycles. The average Bonchev–Trinajstić information content (AvgIpc) is 2.34. The smallest absolute Gasteiger partial charge is 0.122 e. The molecule has 0 spiro atoms. The SMILES string of the molecule is CC[C@H](c1c(O)cc(Br)cc1Br)N1CCNCC1. The van der Waals surface area contributed by atoms with Crippen molar-refractivity contribution < 1.29 is 5.11 Å². The Balaban J connectivity index is 2.32. The summed E-state index contributed by atoms with van der Waals surface area (Å²) in [5.41, 5.74) is 1.00. The van der Waals surface area contributed by atoms with E-state index in [0.29, 0.717) is 5.75 Å². The number of piperazine rings is 1. The monoisotopic (exact) mass is 376 g/mol. The molecular weight excluding hydrogens is 360 g/mol. The number of benzene rings is 1. The van der Waals surface area contributed by atoms with Crippen molar-refractivity contribution >= 4 is 31.9 Å². The van der Waals surface area contributed by atoms with Crippen LogP contribution in [0.15, 0.2) is 21.1 Å². The van der Waals surface area contributed by atoms with Gasteiger partial charge in [0.05, 0.1) is 0 Å². The molecule has 0 bridgehead atoms. The fourth-order valence-corrected chi connectivity index (χ4v) is 4.01. The van der Waals surface area contributed by atoms with Gasteiger partial charge in [-0.2, -0.15) is 0 Å². The van der Waals surface area contributed by atoms with Crippen molar-refractivity contribution in [2.75, 3.05) is 26.2 Å². The van der Waals surface area contributed by atoms with Crippen LogP contribution >= 0.6 is 31.9 Å². The number of aromatic hydroxyl groups is 1. The third kappa shape index (κ3) is 3.07. The van der Waals surface area contributed by atoms with Crippen LogP contribution in [0.4, 0.5) is 0 Å². The molecule has 0 aromatic heterocycles. The molecule has 1 aromatic rings. The molecule has 0 radical (unpaired) electrons. The lowest BCUT2D eigenvalue weighted by Gasteiger charge is -2.35. The maximum atomic E-state index is 10.2. The topological polar surface area (TPSA) is 35.5 Å². The average molecular weight is 378 g/mol. The zero-order valence-corrected chi connectivity index (χ0v) is 13.6. The number of hydrogen-bond donors (Lipinski definition) is 2. The first kappa shape index (κ1) is 14.3. The second-order valence-electron chi connectivity index (χ2n) is 4.53. The molecule has 1 fully saturated rings. The fourth-order valence-electron chi connectivity index (χ4n) is 2.54. The molecule has 100 valence electrons. The first-order valence-corrected chi connectivity index (χ1v) is 7.84. The summed E-state index contributed by atoms with van der Waals surface area (Å²) in [6.45, 7) is 6.26. The number of halogens is 2. The Hall–Kier alpha value is -0.100. The highest BCUT2D eigenvalue weighted by atomic mass is 79.9. The predicted octanol–water partition coefficient (Wildman–Crippen LogP) is 3.27. The largest absolute Gasteiger partial charge is 0.508 e. The van der Waals surface area contributed by atoms with E-state index in [1.807, 2.05) is 6.07 Å². The molecule has 1 heterocycles. The Labute approximate surface area is 125 Å². The van der Waals surface area contributed by atoms with Crippen molar-refractivity contribution in [3.63, 3.8) is 0 Å². The summed E-state index contributed by atoms with van der Waals surface area (Å²) in [7, 11) is 0. The van der Waals surface area contributed by atoms with Crippen LogP contribution in [0.3, 0.4) is 0 Å². The van der Waals surface area contributed by atoms with Crippen LogP contribution in [0.1, 0.15) is 24.9 Å². The van der Waals surface area contributed by atoms with E-state index in [1.54, 1.807) is 6.07 Å². The van der Waals surface area contributed by atoms with E-state index in [2.05, 4.69) is 49.0 Å². The van der Waals surface area contributed by atoms with Crippen LogP contribution in [0.25, 0.3) is 0 Å². The van der Waals surface area contributed by atoms with Crippen molar-refractivity contribution in [1.82, 2.24) is 10.2 Å². The summed E-state index contributed by atoms with van der Waals surface area (Å²) in [6, 6.07) is 4.04. The number of phenolic OH excluding ortho intramolecular Hbond substituents is 1. The van der Waals surface area contributed by atoms with Crippen LogP contribution in [0.5, 0.6) is 5.75 Å². The van der Waals surface area contributed by atoms with Crippen LogP contribution in [0, 0.1) is 0 Å². The minimum Gasteiger partial charge on any atom is -0.508 e. The van der Waals surface area contributed by atoms with Crippen molar-refractivity contribution in [1.29, 1.82) is 0 Å². The maximum absolute atomic E-state index is 10.2. The molecule has 0 unspecified atom stereocenters. The van der Waals surface area contributed by atoms with Gasteiger partial charge in [0.15, 0.2) is 0 Å². The van der Waals surface area contributed by atoms with Gasteiger partial charge < -0.3 is 10.4 Å². The first-order chi connectivity index (χ1) is 8.63. The Kier molecular flexibility index (Phi) is 5.06. The second-order valence-corrected chi connectivity index (χ2v) is 6.30. The van der Waals surface area contributed by atoms with Crippen LogP contribution in [0.2, 0.25) is 0 Å². The summed E-state index contributed by atoms with van der Waals surface area (Å²) < 4.78 is 1.87. The summed E-state index contributed by atoms with van der Waals surface area (Å²) in [5.74, 6) is 0.363. The lowest BCUT2D eigenvalue weighted by atomic mass is 10.0. The van der Waals surface area contributed by atoms with Crippen LogP contribution in [-0.4, -0.2) is 36.2 Å². The molecule has 1 aromatic carbocycles. The Morgan fingerprint density at radius 1 is 1.33 bits per heavy atom. The van der Waals surface area contributed by atoms with Gasteiger partial charge in [0.25, 0.3) is 0 Å². The molecule has 18 heavy (non-hydrogen) atoms. The summed E-state index contributed by atoms with van der Waals surface area (Å²) in [6.07, 6.45) is 0.994. The maximum Gasteiger partial charge on any atom is 0.122 e. The van der Waals surface area contributed by atoms with Crippen molar-refractivity contribution in [3.8, 4) is 5.75 Å². The normalized spacial score (nSPS) is 18.8. The highest BCUT2D eigenvalue weighted by molar-refractivity contribution is 9.11. The van der Waals surface area contributed by atoms with E-state index in [4.69, 9.17) is 0 Å². The van der Waals surface area contributed by atoms with Crippen molar-refractivity contribution in [3.05, 3.63) is 26.6 Å². The van der Waals surface area contributed by atoms with Crippen molar-refractivity contribution in [2.24, 2.45) is 0 Å². The third-order valence-electron chi connectivity index (χ3n) is 3.38. The standard InChI is InChI=1S/C13H18Br2N2O/c1-2-11(17-5-3-16-4-6-17)13-10(15)7-9(14)8-12(13)18/h7-8,11,16,18H,2-6H2,1H3/t11-/m1/s1. The molecule has 0 saturated carbocycles. The van der Waals surface area contributed by atoms with Crippen LogP contribution < -0.4 is 5.32 Å². The van der Waals surface area contributed by atoms with Gasteiger partial charge in [-0.3, -0.25) is 4.90 Å². The summed E-state index contributed by atoms with van der Waals surface area (Å²) in [5, 5.41) is 13.6. The molecule has 0 amide bonds. The molecular formula is C13H18Br2N2O. The molecule has 1 aliphatic rings. The predicted molar refractivity (Wildman–Crippen MR) is 81.0 cm³/mol. The van der Waals surface area contributed by atoms with Crippen LogP contribution in [-0.2, 0) is 0 Å². The zero-order chi connectivity index (χ0) is 13.1. The van der Waals surface area contributed by atoms with Gasteiger partial charge in [-0.25, -0.2) is 0 Å². The number of nitrogens with one attached hydrogen (secondary N) is 1. The fraction of sp³-hybridized carbons (Fsp3) is 0.538. The van der Waals surface area contributed by atoms with Gasteiger partial charge in [-0.1, -0.05) is 38.8 Å². The lowest BCUT2D eigenvalue weighted by Crippen LogP contribution is -2.45. The van der Waals surface area contributed by atoms with Gasteiger partial charge in [0, 0.05) is 46.7 Å². The number of nitrogens with zero attached hydrogens (tertiary/aromatic N) is 1. The van der Waals surface area contributed by atoms with Gasteiger partial charge in [0.1, 0.15) is 5.75 Å². The lowest BCUT2D eigenvalue weighted by molar-refractivity contribution is 0.166. The van der Waals surface area contributed by atoms with E-state index >= 15 is 0 Å². The van der Waals surface area contributed by atoms with E-state index in [9.17, 15) is 5.11 Å². The molecule has 2 N–H and O–H groups in total. The Morgan fingerprint density at radius 3 is 2.56 bits per heavy atom. The second kappa shape index (κ2) is 6.37. The number of hydrogen-bond acceptors (Lipinski definition) is 3. The highest BCUT2D eigenvalue weighted by Crippen LogP contribution is 2.39. The molecule has 3 nitrogen and oxygen atoms in total. The minimum absolute atomic E-state index is 0.273. The van der Waals surface area contributed by atoms with E-state index < -0.39 is 0 Å². The Bertz CT molecular complexity index is 396. The first-order valence-electron chi connectivity index (χ1n) is 6.26. The van der Waals surface area contributed by atoms with Gasteiger partial charge in [0.2, 0.25) is 0 Å². The van der Waals surface area contributed by atoms with Crippen molar-refractivity contribution in [2.45, 2.75) is 19.4 Å². The zero-order valence-electron chi connectivity index (χ0n) is 10.4. The number of rotatable bonds is 3. The molecule has 2 rings (SSSR count). The van der Waals surface area contributed by atoms with Gasteiger partial charge >= 0.3 is 0 Å². The quantitative estimate of drug-likeness (QED) is 0.848. The third-order valence-corrected chi connectivity index (χ3v) is 4.50. The molecule has 1 aliphatic heterocycles. The highest BCUT2D eigenvalue weighted by Gasteiger charge is 2.25. The molecule has 1 atom stereocenters. The van der Waals surface area contributed by atoms with Gasteiger partial charge in [-0.05, 0) is 18.6 Å². The molecule has 0 aliphatic carbocycles. The molecule has 5 heteroatoms. The van der Waals surface area contributed by atoms with Gasteiger partial charge in [-0.15, -0.1) is 0 Å². The Morgan fingerprint density at radius 2 is 2.00 bits per heavy atom. The summed E-state index contributed by atoms with van der Waals surface area (Å²) in [4.78, 5) is 2.43. The number of phenols is 1. The summed E-state index contributed by atoms with van der Waals surface area (Å²) >= 11 is 6.97. The van der Waals surface area contributed by atoms with E-state index in [0.717, 1.165) is 47.1 Å². The van der Waals surface area contributed by atoms with E-state index in [-0.39, 0.29) is 6.04 Å². The minimum atomic E-state index is 0.273. The van der Waals surface area contributed by atoms with E-state index in [1.165, 1.54) is 0 Å².